The molecule has 1 saturated carbocycles. The fourth-order valence-corrected chi connectivity index (χ4v) is 3.69. The molecule has 2 unspecified atom stereocenters. The molecule has 17 heavy (non-hydrogen) atoms. The number of thioether (sulfide) groups is 1. The largest absolute Gasteiger partial charge is 0.313 e. The van der Waals surface area contributed by atoms with E-state index < -0.39 is 0 Å². The van der Waals surface area contributed by atoms with Crippen LogP contribution in [0.5, 0.6) is 0 Å². The number of aryl methyl sites for hydroxylation is 1. The molecule has 2 rings (SSSR count). The zero-order valence-corrected chi connectivity index (χ0v) is 11.8. The first-order valence-corrected chi connectivity index (χ1v) is 7.36. The third kappa shape index (κ3) is 3.01. The summed E-state index contributed by atoms with van der Waals surface area (Å²) >= 11 is 1.89. The minimum absolute atomic E-state index is 0.635. The number of hydrogen-bond donors (Lipinski definition) is 1. The smallest absolute Gasteiger partial charge is 0.191 e. The maximum Gasteiger partial charge on any atom is 0.191 e. The lowest BCUT2D eigenvalue weighted by atomic mass is 9.95. The van der Waals surface area contributed by atoms with Crippen molar-refractivity contribution in [3.8, 4) is 0 Å². The van der Waals surface area contributed by atoms with Crippen LogP contribution in [0.1, 0.15) is 38.4 Å². The van der Waals surface area contributed by atoms with Crippen molar-refractivity contribution in [1.82, 2.24) is 20.1 Å². The van der Waals surface area contributed by atoms with Crippen molar-refractivity contribution in [2.45, 2.75) is 56.0 Å². The van der Waals surface area contributed by atoms with Crippen LogP contribution in [0.15, 0.2) is 5.16 Å². The van der Waals surface area contributed by atoms with Gasteiger partial charge in [0.1, 0.15) is 5.82 Å². The van der Waals surface area contributed by atoms with E-state index in [1.807, 2.05) is 25.7 Å². The zero-order chi connectivity index (χ0) is 12.3. The van der Waals surface area contributed by atoms with Gasteiger partial charge in [-0.2, -0.15) is 0 Å². The van der Waals surface area contributed by atoms with E-state index in [4.69, 9.17) is 0 Å². The Balaban J connectivity index is 2.02. The molecule has 0 saturated heterocycles. The average molecular weight is 254 g/mol. The zero-order valence-electron chi connectivity index (χ0n) is 10.9. The van der Waals surface area contributed by atoms with E-state index in [1.165, 1.54) is 25.7 Å². The van der Waals surface area contributed by atoms with Crippen LogP contribution >= 0.6 is 11.8 Å². The third-order valence-corrected chi connectivity index (χ3v) is 4.91. The quantitative estimate of drug-likeness (QED) is 0.894. The van der Waals surface area contributed by atoms with Gasteiger partial charge in [0.05, 0.1) is 0 Å². The first-order chi connectivity index (χ1) is 8.22. The molecule has 1 aromatic rings. The molecular formula is C12H22N4S. The summed E-state index contributed by atoms with van der Waals surface area (Å²) in [6.07, 6.45) is 5.28. The Labute approximate surface area is 108 Å². The second-order valence-corrected chi connectivity index (χ2v) is 5.90. The number of rotatable bonds is 4. The van der Waals surface area contributed by atoms with Crippen LogP contribution in [0.2, 0.25) is 0 Å². The monoisotopic (exact) mass is 254 g/mol. The molecule has 1 heterocycles. The summed E-state index contributed by atoms with van der Waals surface area (Å²) in [5, 5.41) is 13.7. The van der Waals surface area contributed by atoms with Gasteiger partial charge >= 0.3 is 0 Å². The van der Waals surface area contributed by atoms with Crippen LogP contribution < -0.4 is 5.32 Å². The lowest BCUT2D eigenvalue weighted by Gasteiger charge is -2.31. The Morgan fingerprint density at radius 1 is 1.35 bits per heavy atom. The number of hydrogen-bond acceptors (Lipinski definition) is 4. The van der Waals surface area contributed by atoms with E-state index >= 15 is 0 Å². The molecule has 0 bridgehead atoms. The average Bonchev–Trinajstić information content (AvgIpc) is 2.64. The highest BCUT2D eigenvalue weighted by Gasteiger charge is 2.26. The number of nitrogens with one attached hydrogen (secondary N) is 1. The first kappa shape index (κ1) is 12.9. The lowest BCUT2D eigenvalue weighted by Crippen LogP contribution is -2.40. The maximum absolute atomic E-state index is 4.25. The molecule has 96 valence electrons. The standard InChI is InChI=1S/C12H22N4S/c1-4-13-10-7-5-6-8-11(10)17-12-15-14-9(2)16(12)3/h10-11,13H,4-8H2,1-3H3. The molecule has 0 aliphatic heterocycles. The molecule has 1 aromatic heterocycles. The van der Waals surface area contributed by atoms with Gasteiger partial charge in [0.2, 0.25) is 0 Å². The Morgan fingerprint density at radius 2 is 2.12 bits per heavy atom. The second kappa shape index (κ2) is 5.87. The molecule has 2 atom stereocenters. The van der Waals surface area contributed by atoms with E-state index in [2.05, 4.69) is 27.0 Å². The van der Waals surface area contributed by atoms with Gasteiger partial charge in [0, 0.05) is 18.3 Å². The summed E-state index contributed by atoms with van der Waals surface area (Å²) in [7, 11) is 2.04. The highest BCUT2D eigenvalue weighted by atomic mass is 32.2. The molecular weight excluding hydrogens is 232 g/mol. The first-order valence-electron chi connectivity index (χ1n) is 6.48. The van der Waals surface area contributed by atoms with Gasteiger partial charge in [-0.15, -0.1) is 10.2 Å². The van der Waals surface area contributed by atoms with E-state index in [1.54, 1.807) is 0 Å². The molecule has 1 N–H and O–H groups in total. The minimum atomic E-state index is 0.635. The molecule has 0 amide bonds. The number of aromatic nitrogens is 3. The highest BCUT2D eigenvalue weighted by Crippen LogP contribution is 2.32. The van der Waals surface area contributed by atoms with Crippen LogP contribution in [-0.2, 0) is 7.05 Å². The normalized spacial score (nSPS) is 25.1. The van der Waals surface area contributed by atoms with Gasteiger partial charge in [-0.3, -0.25) is 0 Å². The van der Waals surface area contributed by atoms with Crippen molar-refractivity contribution < 1.29 is 0 Å². The summed E-state index contributed by atoms with van der Waals surface area (Å²) in [6.45, 7) is 5.24. The fraction of sp³-hybridized carbons (Fsp3) is 0.833. The van der Waals surface area contributed by atoms with E-state index in [-0.39, 0.29) is 0 Å². The molecule has 0 radical (unpaired) electrons. The molecule has 5 heteroatoms. The lowest BCUT2D eigenvalue weighted by molar-refractivity contribution is 0.390. The van der Waals surface area contributed by atoms with Gasteiger partial charge in [0.25, 0.3) is 0 Å². The summed E-state index contributed by atoms with van der Waals surface area (Å²) in [5.41, 5.74) is 0. The summed E-state index contributed by atoms with van der Waals surface area (Å²) < 4.78 is 2.09. The van der Waals surface area contributed by atoms with Crippen molar-refractivity contribution in [3.63, 3.8) is 0 Å². The Hall–Kier alpha value is -0.550. The molecule has 1 fully saturated rings. The van der Waals surface area contributed by atoms with Crippen LogP contribution in [-0.4, -0.2) is 32.6 Å². The van der Waals surface area contributed by atoms with Crippen LogP contribution in [0.25, 0.3) is 0 Å². The van der Waals surface area contributed by atoms with Crippen LogP contribution in [0.3, 0.4) is 0 Å². The SMILES string of the molecule is CCNC1CCCCC1Sc1nnc(C)n1C. The van der Waals surface area contributed by atoms with Crippen LogP contribution in [0.4, 0.5) is 0 Å². The Bertz CT molecular complexity index is 361. The van der Waals surface area contributed by atoms with Crippen molar-refractivity contribution in [2.24, 2.45) is 7.05 Å². The van der Waals surface area contributed by atoms with E-state index in [0.29, 0.717) is 11.3 Å². The predicted molar refractivity (Wildman–Crippen MR) is 71.3 cm³/mol. The van der Waals surface area contributed by atoms with E-state index in [9.17, 15) is 0 Å². The van der Waals surface area contributed by atoms with Gasteiger partial charge in [0.15, 0.2) is 5.16 Å². The molecule has 0 aromatic carbocycles. The predicted octanol–water partition coefficient (Wildman–Crippen LogP) is 2.14. The fourth-order valence-electron chi connectivity index (χ4n) is 2.36. The maximum atomic E-state index is 4.25. The highest BCUT2D eigenvalue weighted by molar-refractivity contribution is 7.99. The summed E-state index contributed by atoms with van der Waals surface area (Å²) in [4.78, 5) is 0. The van der Waals surface area contributed by atoms with Crippen molar-refractivity contribution >= 4 is 11.8 Å². The summed E-state index contributed by atoms with van der Waals surface area (Å²) in [5.74, 6) is 0.989. The van der Waals surface area contributed by atoms with Crippen molar-refractivity contribution in [2.75, 3.05) is 6.54 Å². The van der Waals surface area contributed by atoms with Gasteiger partial charge < -0.3 is 9.88 Å². The second-order valence-electron chi connectivity index (χ2n) is 4.69. The van der Waals surface area contributed by atoms with Crippen molar-refractivity contribution in [3.05, 3.63) is 5.82 Å². The van der Waals surface area contributed by atoms with Gasteiger partial charge in [-0.05, 0) is 26.3 Å². The Kier molecular flexibility index (Phi) is 4.45. The van der Waals surface area contributed by atoms with Crippen LogP contribution in [0, 0.1) is 6.92 Å². The summed E-state index contributed by atoms with van der Waals surface area (Å²) in [6, 6.07) is 0.635. The Morgan fingerprint density at radius 3 is 2.76 bits per heavy atom. The van der Waals surface area contributed by atoms with E-state index in [0.717, 1.165) is 17.5 Å². The van der Waals surface area contributed by atoms with Gasteiger partial charge in [-0.1, -0.05) is 31.5 Å². The molecule has 1 aliphatic rings. The number of nitrogens with zero attached hydrogens (tertiary/aromatic N) is 3. The van der Waals surface area contributed by atoms with Crippen molar-refractivity contribution in [1.29, 1.82) is 0 Å². The topological polar surface area (TPSA) is 42.7 Å². The third-order valence-electron chi connectivity index (χ3n) is 3.48. The van der Waals surface area contributed by atoms with Gasteiger partial charge in [-0.25, -0.2) is 0 Å². The molecule has 0 spiro atoms. The molecule has 1 aliphatic carbocycles. The molecule has 4 nitrogen and oxygen atoms in total. The minimum Gasteiger partial charge on any atom is -0.313 e.